The first-order valence-corrected chi connectivity index (χ1v) is 8.38. The number of alkyl halides is 2. The van der Waals surface area contributed by atoms with Gasteiger partial charge in [-0.1, -0.05) is 24.3 Å². The number of likely N-dealkylation sites (N-methyl/N-ethyl adjacent to an activating group) is 1. The van der Waals surface area contributed by atoms with Crippen LogP contribution in [0.15, 0.2) is 48.7 Å². The number of aromatic nitrogens is 1. The monoisotopic (exact) mass is 374 g/mol. The van der Waals surface area contributed by atoms with Gasteiger partial charge in [0.05, 0.1) is 13.5 Å². The number of nitrogens with one attached hydrogen (secondary N) is 1. The number of halogens is 2. The first-order valence-electron chi connectivity index (χ1n) is 8.38. The number of hydrogen-bond acceptors (Lipinski definition) is 3. The van der Waals surface area contributed by atoms with E-state index in [9.17, 15) is 13.6 Å². The van der Waals surface area contributed by atoms with Crippen molar-refractivity contribution >= 4 is 16.8 Å². The molecule has 3 rings (SSSR count). The van der Waals surface area contributed by atoms with Crippen LogP contribution in [0.25, 0.3) is 10.9 Å². The molecule has 0 radical (unpaired) electrons. The topological polar surface area (TPSA) is 54.6 Å². The highest BCUT2D eigenvalue weighted by atomic mass is 19.3. The molecular weight excluding hydrogens is 354 g/mol. The van der Waals surface area contributed by atoms with E-state index in [1.165, 1.54) is 13.2 Å². The van der Waals surface area contributed by atoms with E-state index in [1.54, 1.807) is 24.1 Å². The molecule has 0 spiro atoms. The molecule has 1 aromatic heterocycles. The fourth-order valence-electron chi connectivity index (χ4n) is 2.94. The third kappa shape index (κ3) is 4.36. The molecule has 0 fully saturated rings. The Hall–Kier alpha value is -3.09. The van der Waals surface area contributed by atoms with Gasteiger partial charge in [-0.15, -0.1) is 0 Å². The summed E-state index contributed by atoms with van der Waals surface area (Å²) < 4.78 is 34.3. The number of ether oxygens (including phenoxy) is 2. The van der Waals surface area contributed by atoms with Crippen molar-refractivity contribution in [3.05, 3.63) is 59.8 Å². The molecule has 0 unspecified atom stereocenters. The molecule has 27 heavy (non-hydrogen) atoms. The van der Waals surface area contributed by atoms with Crippen molar-refractivity contribution < 1.29 is 23.0 Å². The van der Waals surface area contributed by atoms with Gasteiger partial charge in [0.2, 0.25) is 5.91 Å². The standard InChI is InChI=1S/C20H20F2N2O3/c1-24(12-13-7-8-17(27-20(21)22)18(9-13)26-2)19(25)10-14-11-23-16-6-4-3-5-15(14)16/h3-9,11,20,23H,10,12H2,1-2H3. The van der Waals surface area contributed by atoms with Gasteiger partial charge in [-0.25, -0.2) is 0 Å². The molecular formula is C20H20F2N2O3. The number of benzene rings is 2. The zero-order valence-electron chi connectivity index (χ0n) is 15.0. The van der Waals surface area contributed by atoms with Crippen LogP contribution in [0.3, 0.4) is 0 Å². The lowest BCUT2D eigenvalue weighted by molar-refractivity contribution is -0.129. The van der Waals surface area contributed by atoms with Crippen molar-refractivity contribution in [3.8, 4) is 11.5 Å². The summed E-state index contributed by atoms with van der Waals surface area (Å²) in [6, 6.07) is 12.4. The van der Waals surface area contributed by atoms with E-state index in [0.717, 1.165) is 22.0 Å². The molecule has 142 valence electrons. The van der Waals surface area contributed by atoms with Gasteiger partial charge in [-0.3, -0.25) is 4.79 Å². The predicted molar refractivity (Wildman–Crippen MR) is 98.1 cm³/mol. The normalized spacial score (nSPS) is 11.0. The summed E-state index contributed by atoms with van der Waals surface area (Å²) >= 11 is 0. The Morgan fingerprint density at radius 2 is 1.96 bits per heavy atom. The Bertz CT molecular complexity index is 940. The summed E-state index contributed by atoms with van der Waals surface area (Å²) in [6.45, 7) is -2.60. The quantitative estimate of drug-likeness (QED) is 0.681. The summed E-state index contributed by atoms with van der Waals surface area (Å²) in [4.78, 5) is 17.3. The second kappa shape index (κ2) is 8.07. The van der Waals surface area contributed by atoms with Crippen molar-refractivity contribution in [3.63, 3.8) is 0 Å². The van der Waals surface area contributed by atoms with E-state index >= 15 is 0 Å². The number of carbonyl (C=O) groups excluding carboxylic acids is 1. The number of amides is 1. The van der Waals surface area contributed by atoms with E-state index in [1.807, 2.05) is 30.5 Å². The number of hydrogen-bond donors (Lipinski definition) is 1. The number of rotatable bonds is 7. The summed E-state index contributed by atoms with van der Waals surface area (Å²) in [5.74, 6) is 0.112. The van der Waals surface area contributed by atoms with Crippen molar-refractivity contribution in [2.75, 3.05) is 14.2 Å². The van der Waals surface area contributed by atoms with Gasteiger partial charge < -0.3 is 19.4 Å². The molecule has 0 aliphatic carbocycles. The fraction of sp³-hybridized carbons (Fsp3) is 0.250. The average Bonchev–Trinajstić information content (AvgIpc) is 3.05. The van der Waals surface area contributed by atoms with Gasteiger partial charge in [-0.2, -0.15) is 8.78 Å². The number of H-pyrrole nitrogens is 1. The van der Waals surface area contributed by atoms with Crippen molar-refractivity contribution in [2.24, 2.45) is 0 Å². The summed E-state index contributed by atoms with van der Waals surface area (Å²) in [5, 5.41) is 1.02. The maximum atomic E-state index is 12.6. The first-order chi connectivity index (χ1) is 13.0. The Morgan fingerprint density at radius 1 is 1.19 bits per heavy atom. The van der Waals surface area contributed by atoms with Crippen molar-refractivity contribution in [1.82, 2.24) is 9.88 Å². The smallest absolute Gasteiger partial charge is 0.387 e. The lowest BCUT2D eigenvalue weighted by atomic mass is 10.1. The van der Waals surface area contributed by atoms with Gasteiger partial charge in [-0.05, 0) is 29.3 Å². The molecule has 0 saturated heterocycles. The van der Waals surface area contributed by atoms with Gasteiger partial charge in [0.25, 0.3) is 0 Å². The van der Waals surface area contributed by atoms with Crippen LogP contribution in [0.4, 0.5) is 8.78 Å². The van der Waals surface area contributed by atoms with Gasteiger partial charge >= 0.3 is 6.61 Å². The lowest BCUT2D eigenvalue weighted by Gasteiger charge is -2.18. The number of methoxy groups -OCH3 is 1. The molecule has 2 aromatic carbocycles. The minimum absolute atomic E-state index is 0.0379. The van der Waals surface area contributed by atoms with Gasteiger partial charge in [0.1, 0.15) is 0 Å². The van der Waals surface area contributed by atoms with E-state index in [2.05, 4.69) is 9.72 Å². The zero-order chi connectivity index (χ0) is 19.4. The Labute approximate surface area is 155 Å². The zero-order valence-corrected chi connectivity index (χ0v) is 15.0. The highest BCUT2D eigenvalue weighted by molar-refractivity contribution is 5.88. The second-order valence-corrected chi connectivity index (χ2v) is 6.15. The van der Waals surface area contributed by atoms with Crippen molar-refractivity contribution in [1.29, 1.82) is 0 Å². The number of aromatic amines is 1. The SMILES string of the molecule is COc1cc(CN(C)C(=O)Cc2c[nH]c3ccccc23)ccc1OC(F)F. The number of para-hydroxylation sites is 1. The number of nitrogens with zero attached hydrogens (tertiary/aromatic N) is 1. The molecule has 7 heteroatoms. The van der Waals surface area contributed by atoms with Crippen LogP contribution in [-0.2, 0) is 17.8 Å². The number of carbonyl (C=O) groups is 1. The molecule has 1 heterocycles. The van der Waals surface area contributed by atoms with Crippen LogP contribution in [0.1, 0.15) is 11.1 Å². The van der Waals surface area contributed by atoms with Gasteiger partial charge in [0, 0.05) is 30.7 Å². The van der Waals surface area contributed by atoms with Crippen LogP contribution < -0.4 is 9.47 Å². The minimum atomic E-state index is -2.93. The molecule has 0 aliphatic heterocycles. The van der Waals surface area contributed by atoms with Crippen LogP contribution >= 0.6 is 0 Å². The predicted octanol–water partition coefficient (Wildman–Crippen LogP) is 3.98. The largest absolute Gasteiger partial charge is 0.493 e. The summed E-state index contributed by atoms with van der Waals surface area (Å²) in [5.41, 5.74) is 2.67. The van der Waals surface area contributed by atoms with Crippen LogP contribution in [0, 0.1) is 0 Å². The highest BCUT2D eigenvalue weighted by Crippen LogP contribution is 2.30. The third-order valence-electron chi connectivity index (χ3n) is 4.31. The minimum Gasteiger partial charge on any atom is -0.493 e. The fourth-order valence-corrected chi connectivity index (χ4v) is 2.94. The van der Waals surface area contributed by atoms with Gasteiger partial charge in [0.15, 0.2) is 11.5 Å². The lowest BCUT2D eigenvalue weighted by Crippen LogP contribution is -2.27. The number of fused-ring (bicyclic) bond motifs is 1. The van der Waals surface area contributed by atoms with Crippen LogP contribution in [0.2, 0.25) is 0 Å². The third-order valence-corrected chi connectivity index (χ3v) is 4.31. The maximum Gasteiger partial charge on any atom is 0.387 e. The maximum absolute atomic E-state index is 12.6. The first kappa shape index (κ1) is 18.7. The highest BCUT2D eigenvalue weighted by Gasteiger charge is 2.15. The van der Waals surface area contributed by atoms with Crippen molar-refractivity contribution in [2.45, 2.75) is 19.6 Å². The van der Waals surface area contributed by atoms with E-state index in [-0.39, 0.29) is 23.8 Å². The Balaban J connectivity index is 1.69. The molecule has 0 saturated carbocycles. The van der Waals surface area contributed by atoms with E-state index < -0.39 is 6.61 Å². The summed E-state index contributed by atoms with van der Waals surface area (Å²) in [6.07, 6.45) is 2.11. The molecule has 5 nitrogen and oxygen atoms in total. The van der Waals surface area contributed by atoms with E-state index in [4.69, 9.17) is 4.74 Å². The second-order valence-electron chi connectivity index (χ2n) is 6.15. The molecule has 1 N–H and O–H groups in total. The van der Waals surface area contributed by atoms with Crippen LogP contribution in [0.5, 0.6) is 11.5 Å². The molecule has 1 amide bonds. The molecule has 0 atom stereocenters. The Morgan fingerprint density at radius 3 is 2.70 bits per heavy atom. The summed E-state index contributed by atoms with van der Waals surface area (Å²) in [7, 11) is 3.08. The Kier molecular flexibility index (Phi) is 5.59. The molecule has 0 bridgehead atoms. The van der Waals surface area contributed by atoms with Crippen LogP contribution in [-0.4, -0.2) is 36.6 Å². The molecule has 3 aromatic rings. The molecule has 0 aliphatic rings. The average molecular weight is 374 g/mol. The van der Waals surface area contributed by atoms with E-state index in [0.29, 0.717) is 6.54 Å².